The molecule has 2 heterocycles. The monoisotopic (exact) mass is 410 g/mol. The quantitative estimate of drug-likeness (QED) is 0.697. The number of rotatable bonds is 4. The molecule has 6 nitrogen and oxygen atoms in total. The molecule has 0 saturated carbocycles. The normalized spacial score (nSPS) is 20.0. The van der Waals surface area contributed by atoms with E-state index in [0.717, 1.165) is 30.6 Å². The first-order chi connectivity index (χ1) is 13.8. The molecule has 0 bridgehead atoms. The van der Waals surface area contributed by atoms with Crippen LogP contribution in [0, 0.1) is 18.8 Å². The van der Waals surface area contributed by atoms with Crippen LogP contribution in [0.15, 0.2) is 53.4 Å². The highest BCUT2D eigenvalue weighted by Gasteiger charge is 2.27. The van der Waals surface area contributed by atoms with Crippen LogP contribution < -0.4 is 9.62 Å². The molecule has 0 amide bonds. The summed E-state index contributed by atoms with van der Waals surface area (Å²) in [6.45, 7) is 8.02. The fraction of sp³-hybridized carbons (Fsp3) is 0.364. The molecule has 0 spiro atoms. The van der Waals surface area contributed by atoms with Crippen molar-refractivity contribution >= 4 is 32.7 Å². The zero-order valence-electron chi connectivity index (χ0n) is 17.0. The van der Waals surface area contributed by atoms with Gasteiger partial charge in [-0.05, 0) is 49.4 Å². The third-order valence-corrected chi connectivity index (χ3v) is 6.64. The number of aryl methyl sites for hydroxylation is 1. The smallest absolute Gasteiger partial charge is 0.263 e. The molecule has 0 radical (unpaired) electrons. The first kappa shape index (κ1) is 19.6. The zero-order valence-corrected chi connectivity index (χ0v) is 17.8. The van der Waals surface area contributed by atoms with Crippen LogP contribution in [0.4, 0.5) is 11.6 Å². The highest BCUT2D eigenvalue weighted by molar-refractivity contribution is 7.92. The van der Waals surface area contributed by atoms with Gasteiger partial charge in [0.15, 0.2) is 11.6 Å². The summed E-state index contributed by atoms with van der Waals surface area (Å²) in [7, 11) is -3.77. The summed E-state index contributed by atoms with van der Waals surface area (Å²) in [6, 6.07) is 14.3. The van der Waals surface area contributed by atoms with Crippen molar-refractivity contribution in [2.45, 2.75) is 32.1 Å². The number of nitrogens with zero attached hydrogens (tertiary/aromatic N) is 3. The second kappa shape index (κ2) is 7.63. The van der Waals surface area contributed by atoms with Crippen molar-refractivity contribution in [1.29, 1.82) is 0 Å². The van der Waals surface area contributed by atoms with E-state index in [2.05, 4.69) is 28.5 Å². The SMILES string of the molecule is Cc1ccc(S(=O)(=O)Nc2nc3ccccc3nc2N2C[C@H](C)C[C@@H](C)C2)cc1. The number of benzene rings is 2. The number of piperidine rings is 1. The van der Waals surface area contributed by atoms with Gasteiger partial charge in [0.2, 0.25) is 0 Å². The summed E-state index contributed by atoms with van der Waals surface area (Å²) in [5, 5.41) is 0. The summed E-state index contributed by atoms with van der Waals surface area (Å²) >= 11 is 0. The van der Waals surface area contributed by atoms with Gasteiger partial charge in [-0.1, -0.05) is 43.7 Å². The van der Waals surface area contributed by atoms with Crippen LogP contribution in [0.2, 0.25) is 0 Å². The van der Waals surface area contributed by atoms with Crippen molar-refractivity contribution in [3.05, 3.63) is 54.1 Å². The molecular weight excluding hydrogens is 384 g/mol. The first-order valence-electron chi connectivity index (χ1n) is 9.93. The van der Waals surface area contributed by atoms with Crippen molar-refractivity contribution in [3.8, 4) is 0 Å². The summed E-state index contributed by atoms with van der Waals surface area (Å²) in [5.41, 5.74) is 2.43. The van der Waals surface area contributed by atoms with Crippen LogP contribution in [0.1, 0.15) is 25.8 Å². The van der Waals surface area contributed by atoms with Crippen molar-refractivity contribution in [1.82, 2.24) is 9.97 Å². The topological polar surface area (TPSA) is 75.2 Å². The Balaban J connectivity index is 1.78. The van der Waals surface area contributed by atoms with E-state index in [0.29, 0.717) is 23.2 Å². The van der Waals surface area contributed by atoms with Gasteiger partial charge < -0.3 is 4.90 Å². The van der Waals surface area contributed by atoms with E-state index >= 15 is 0 Å². The van der Waals surface area contributed by atoms with Crippen LogP contribution in [-0.2, 0) is 10.0 Å². The van der Waals surface area contributed by atoms with Crippen LogP contribution >= 0.6 is 0 Å². The molecule has 1 aliphatic heterocycles. The standard InChI is InChI=1S/C22H26N4O2S/c1-15-8-10-18(11-9-15)29(27,28)25-21-22(26-13-16(2)12-17(3)14-26)24-20-7-5-4-6-19(20)23-21/h4-11,16-17H,12-14H2,1-3H3,(H,23,25)/t16-,17-/m1/s1. The number of fused-ring (bicyclic) bond motifs is 1. The van der Waals surface area contributed by atoms with Crippen LogP contribution in [-0.4, -0.2) is 31.5 Å². The molecule has 1 saturated heterocycles. The molecular formula is C22H26N4O2S. The van der Waals surface area contributed by atoms with E-state index < -0.39 is 10.0 Å². The van der Waals surface area contributed by atoms with Crippen molar-refractivity contribution in [3.63, 3.8) is 0 Å². The molecule has 1 fully saturated rings. The lowest BCUT2D eigenvalue weighted by molar-refractivity contribution is 0.355. The van der Waals surface area contributed by atoms with E-state index in [9.17, 15) is 8.42 Å². The highest BCUT2D eigenvalue weighted by atomic mass is 32.2. The van der Waals surface area contributed by atoms with Crippen LogP contribution in [0.3, 0.4) is 0 Å². The van der Waals surface area contributed by atoms with E-state index in [1.54, 1.807) is 24.3 Å². The van der Waals surface area contributed by atoms with Gasteiger partial charge in [0.25, 0.3) is 10.0 Å². The van der Waals surface area contributed by atoms with Gasteiger partial charge in [-0.2, -0.15) is 0 Å². The lowest BCUT2D eigenvalue weighted by Gasteiger charge is -2.36. The molecule has 0 aliphatic carbocycles. The predicted octanol–water partition coefficient (Wildman–Crippen LogP) is 4.22. The zero-order chi connectivity index (χ0) is 20.6. The summed E-state index contributed by atoms with van der Waals surface area (Å²) in [6.07, 6.45) is 1.15. The minimum atomic E-state index is -3.77. The Labute approximate surface area is 172 Å². The number of hydrogen-bond acceptors (Lipinski definition) is 5. The predicted molar refractivity (Wildman–Crippen MR) is 117 cm³/mol. The highest BCUT2D eigenvalue weighted by Crippen LogP contribution is 2.32. The molecule has 2 aromatic carbocycles. The molecule has 1 aromatic heterocycles. The Hall–Kier alpha value is -2.67. The Morgan fingerprint density at radius 3 is 2.14 bits per heavy atom. The van der Waals surface area contributed by atoms with E-state index in [1.807, 2.05) is 31.2 Å². The van der Waals surface area contributed by atoms with Gasteiger partial charge in [0.1, 0.15) is 0 Å². The molecule has 152 valence electrons. The number of sulfonamides is 1. The molecule has 0 unspecified atom stereocenters. The maximum absolute atomic E-state index is 13.0. The lowest BCUT2D eigenvalue weighted by atomic mass is 9.92. The average Bonchev–Trinajstić information content (AvgIpc) is 2.66. The van der Waals surface area contributed by atoms with Gasteiger partial charge in [-0.25, -0.2) is 18.4 Å². The second-order valence-electron chi connectivity index (χ2n) is 8.15. The minimum Gasteiger partial charge on any atom is -0.353 e. The number of anilines is 2. The van der Waals surface area contributed by atoms with Gasteiger partial charge in [-0.3, -0.25) is 4.72 Å². The summed E-state index contributed by atoms with van der Waals surface area (Å²) in [5.74, 6) is 1.89. The fourth-order valence-electron chi connectivity index (χ4n) is 4.02. The third kappa shape index (κ3) is 4.19. The maximum Gasteiger partial charge on any atom is 0.263 e. The molecule has 1 aliphatic rings. The van der Waals surface area contributed by atoms with Crippen LogP contribution in [0.25, 0.3) is 11.0 Å². The number of aromatic nitrogens is 2. The Kier molecular flexibility index (Phi) is 5.17. The van der Waals surface area contributed by atoms with E-state index in [1.165, 1.54) is 0 Å². The summed E-state index contributed by atoms with van der Waals surface area (Å²) in [4.78, 5) is 11.8. The fourth-order valence-corrected chi connectivity index (χ4v) is 5.02. The molecule has 29 heavy (non-hydrogen) atoms. The number of hydrogen-bond donors (Lipinski definition) is 1. The van der Waals surface area contributed by atoms with Crippen LogP contribution in [0.5, 0.6) is 0 Å². The Bertz CT molecular complexity index is 1120. The van der Waals surface area contributed by atoms with Crippen molar-refractivity contribution in [2.24, 2.45) is 11.8 Å². The van der Waals surface area contributed by atoms with Crippen molar-refractivity contribution < 1.29 is 8.42 Å². The van der Waals surface area contributed by atoms with Gasteiger partial charge >= 0.3 is 0 Å². The number of nitrogens with one attached hydrogen (secondary N) is 1. The Morgan fingerprint density at radius 2 is 1.52 bits per heavy atom. The molecule has 7 heteroatoms. The number of para-hydroxylation sites is 2. The largest absolute Gasteiger partial charge is 0.353 e. The molecule has 3 aromatic rings. The molecule has 2 atom stereocenters. The van der Waals surface area contributed by atoms with E-state index in [4.69, 9.17) is 4.98 Å². The average molecular weight is 411 g/mol. The summed E-state index contributed by atoms with van der Waals surface area (Å²) < 4.78 is 28.7. The Morgan fingerprint density at radius 1 is 0.931 bits per heavy atom. The van der Waals surface area contributed by atoms with Gasteiger partial charge in [-0.15, -0.1) is 0 Å². The van der Waals surface area contributed by atoms with Gasteiger partial charge in [0.05, 0.1) is 15.9 Å². The lowest BCUT2D eigenvalue weighted by Crippen LogP contribution is -2.39. The van der Waals surface area contributed by atoms with E-state index in [-0.39, 0.29) is 10.7 Å². The maximum atomic E-state index is 13.0. The minimum absolute atomic E-state index is 0.212. The second-order valence-corrected chi connectivity index (χ2v) is 9.84. The third-order valence-electron chi connectivity index (χ3n) is 5.28. The first-order valence-corrected chi connectivity index (χ1v) is 11.4. The van der Waals surface area contributed by atoms with Crippen molar-refractivity contribution in [2.75, 3.05) is 22.7 Å². The molecule has 1 N–H and O–H groups in total. The molecule has 4 rings (SSSR count). The van der Waals surface area contributed by atoms with Gasteiger partial charge in [0, 0.05) is 13.1 Å².